The third kappa shape index (κ3) is 0.568. The van der Waals surface area contributed by atoms with Gasteiger partial charge in [0.15, 0.2) is 0 Å². The summed E-state index contributed by atoms with van der Waals surface area (Å²) in [6, 6.07) is 0. The van der Waals surface area contributed by atoms with Crippen molar-refractivity contribution in [3.63, 3.8) is 0 Å². The van der Waals surface area contributed by atoms with Crippen LogP contribution in [-0.2, 0) is 4.79 Å². The molecular formula is C7H10O2. The second-order valence-electron chi connectivity index (χ2n) is 3.09. The standard InChI is InChI=1S/C7H10O2/c8-6-2-1-4-3-5(6)7(4)9/h4-6,8H,1-3H2/t4-,5-,6+/m0/s1. The molecule has 3 fully saturated rings. The second-order valence-corrected chi connectivity index (χ2v) is 3.09. The molecule has 3 rings (SSSR count). The summed E-state index contributed by atoms with van der Waals surface area (Å²) in [6.07, 6.45) is 2.43. The summed E-state index contributed by atoms with van der Waals surface area (Å²) in [5, 5.41) is 9.17. The third-order valence-electron chi connectivity index (χ3n) is 2.58. The van der Waals surface area contributed by atoms with Gasteiger partial charge in [0.05, 0.1) is 6.10 Å². The molecule has 3 aliphatic rings. The van der Waals surface area contributed by atoms with Crippen LogP contribution in [0.15, 0.2) is 0 Å². The fourth-order valence-corrected chi connectivity index (χ4v) is 1.86. The molecule has 0 unspecified atom stereocenters. The number of carbonyl (C=O) groups excluding carboxylic acids is 1. The van der Waals surface area contributed by atoms with E-state index in [1.807, 2.05) is 0 Å². The first-order valence-electron chi connectivity index (χ1n) is 3.51. The molecule has 2 bridgehead atoms. The predicted octanol–water partition coefficient (Wildman–Crippen LogP) is 0.346. The minimum atomic E-state index is -0.303. The van der Waals surface area contributed by atoms with Crippen molar-refractivity contribution >= 4 is 5.78 Å². The predicted molar refractivity (Wildman–Crippen MR) is 31.8 cm³/mol. The molecule has 2 nitrogen and oxygen atoms in total. The number of ketones is 1. The molecule has 0 amide bonds. The molecular weight excluding hydrogens is 116 g/mol. The van der Waals surface area contributed by atoms with Crippen molar-refractivity contribution in [1.82, 2.24) is 0 Å². The lowest BCUT2D eigenvalue weighted by atomic mass is 9.63. The van der Waals surface area contributed by atoms with E-state index < -0.39 is 0 Å². The average Bonchev–Trinajstić information content (AvgIpc) is 1.86. The Morgan fingerprint density at radius 2 is 2.22 bits per heavy atom. The van der Waals surface area contributed by atoms with E-state index >= 15 is 0 Å². The molecule has 3 saturated carbocycles. The number of aliphatic hydroxyl groups is 1. The Kier molecular flexibility index (Phi) is 0.943. The molecule has 1 N–H and O–H groups in total. The maximum Gasteiger partial charge on any atom is 0.141 e. The van der Waals surface area contributed by atoms with Crippen molar-refractivity contribution in [2.75, 3.05) is 0 Å². The summed E-state index contributed by atoms with van der Waals surface area (Å²) in [5.41, 5.74) is 0. The first-order valence-corrected chi connectivity index (χ1v) is 3.51. The molecule has 3 aliphatic carbocycles. The van der Waals surface area contributed by atoms with Gasteiger partial charge in [0.1, 0.15) is 5.78 Å². The van der Waals surface area contributed by atoms with E-state index in [0.29, 0.717) is 11.7 Å². The quantitative estimate of drug-likeness (QED) is 0.508. The Morgan fingerprint density at radius 1 is 1.44 bits per heavy atom. The largest absolute Gasteiger partial charge is 0.392 e. The first-order chi connectivity index (χ1) is 4.29. The van der Waals surface area contributed by atoms with Gasteiger partial charge >= 0.3 is 0 Å². The van der Waals surface area contributed by atoms with E-state index in [1.54, 1.807) is 0 Å². The lowest BCUT2D eigenvalue weighted by molar-refractivity contribution is -0.148. The van der Waals surface area contributed by atoms with Gasteiger partial charge in [-0.2, -0.15) is 0 Å². The van der Waals surface area contributed by atoms with Gasteiger partial charge in [-0.15, -0.1) is 0 Å². The van der Waals surface area contributed by atoms with Crippen LogP contribution in [0.25, 0.3) is 0 Å². The summed E-state index contributed by atoms with van der Waals surface area (Å²) < 4.78 is 0. The van der Waals surface area contributed by atoms with Gasteiger partial charge < -0.3 is 5.11 Å². The van der Waals surface area contributed by atoms with Crippen LogP contribution in [0.5, 0.6) is 0 Å². The van der Waals surface area contributed by atoms with E-state index in [0.717, 1.165) is 19.3 Å². The molecule has 0 heterocycles. The zero-order valence-corrected chi connectivity index (χ0v) is 5.21. The highest BCUT2D eigenvalue weighted by Crippen LogP contribution is 2.42. The molecule has 0 radical (unpaired) electrons. The Bertz CT molecular complexity index is 151. The summed E-state index contributed by atoms with van der Waals surface area (Å²) in [6.45, 7) is 0. The van der Waals surface area contributed by atoms with E-state index in [9.17, 15) is 4.79 Å². The SMILES string of the molecule is O=C1[C@H]2CC[C@@H](O)[C@@H]1C2. The van der Waals surface area contributed by atoms with Crippen LogP contribution in [-0.4, -0.2) is 17.0 Å². The second kappa shape index (κ2) is 1.57. The topological polar surface area (TPSA) is 37.3 Å². The van der Waals surface area contributed by atoms with Crippen LogP contribution in [0.1, 0.15) is 19.3 Å². The van der Waals surface area contributed by atoms with Crippen LogP contribution in [0, 0.1) is 11.8 Å². The zero-order valence-electron chi connectivity index (χ0n) is 5.21. The fourth-order valence-electron chi connectivity index (χ4n) is 1.86. The molecule has 9 heavy (non-hydrogen) atoms. The number of hydrogen-bond donors (Lipinski definition) is 1. The molecule has 0 saturated heterocycles. The van der Waals surface area contributed by atoms with Crippen LogP contribution in [0.2, 0.25) is 0 Å². The molecule has 0 aromatic heterocycles. The number of rotatable bonds is 0. The Hall–Kier alpha value is -0.370. The van der Waals surface area contributed by atoms with Gasteiger partial charge in [-0.05, 0) is 19.3 Å². The highest BCUT2D eigenvalue weighted by molar-refractivity contribution is 5.90. The summed E-state index contributed by atoms with van der Waals surface area (Å²) in [4.78, 5) is 10.9. The van der Waals surface area contributed by atoms with Crippen molar-refractivity contribution in [2.24, 2.45) is 11.8 Å². The van der Waals surface area contributed by atoms with Gasteiger partial charge in [-0.1, -0.05) is 0 Å². The number of Topliss-reactive ketones (excluding diaryl/α,β-unsaturated/α-hetero) is 1. The van der Waals surface area contributed by atoms with Crippen molar-refractivity contribution in [2.45, 2.75) is 25.4 Å². The Morgan fingerprint density at radius 3 is 2.56 bits per heavy atom. The molecule has 0 aromatic carbocycles. The highest BCUT2D eigenvalue weighted by Gasteiger charge is 2.47. The van der Waals surface area contributed by atoms with E-state index in [1.165, 1.54) is 0 Å². The van der Waals surface area contributed by atoms with E-state index in [2.05, 4.69) is 0 Å². The zero-order chi connectivity index (χ0) is 6.43. The molecule has 2 heteroatoms. The van der Waals surface area contributed by atoms with Crippen molar-refractivity contribution < 1.29 is 9.90 Å². The van der Waals surface area contributed by atoms with Crippen molar-refractivity contribution in [1.29, 1.82) is 0 Å². The van der Waals surface area contributed by atoms with Crippen LogP contribution < -0.4 is 0 Å². The molecule has 3 atom stereocenters. The van der Waals surface area contributed by atoms with Gasteiger partial charge in [-0.25, -0.2) is 0 Å². The maximum absolute atomic E-state index is 10.9. The van der Waals surface area contributed by atoms with Crippen molar-refractivity contribution in [3.05, 3.63) is 0 Å². The summed E-state index contributed by atoms with van der Waals surface area (Å²) >= 11 is 0. The van der Waals surface area contributed by atoms with Gasteiger partial charge in [0.2, 0.25) is 0 Å². The van der Waals surface area contributed by atoms with E-state index in [-0.39, 0.29) is 12.0 Å². The minimum absolute atomic E-state index is 0.0312. The normalized spacial score (nSPS) is 48.6. The van der Waals surface area contributed by atoms with Crippen LogP contribution in [0.3, 0.4) is 0 Å². The number of carbonyl (C=O) groups is 1. The van der Waals surface area contributed by atoms with Gasteiger partial charge in [0.25, 0.3) is 0 Å². The monoisotopic (exact) mass is 126 g/mol. The number of hydrogen-bond acceptors (Lipinski definition) is 2. The number of aliphatic hydroxyl groups excluding tert-OH is 1. The maximum atomic E-state index is 10.9. The van der Waals surface area contributed by atoms with Gasteiger partial charge in [0, 0.05) is 11.8 Å². The highest BCUT2D eigenvalue weighted by atomic mass is 16.3. The lowest BCUT2D eigenvalue weighted by Gasteiger charge is -2.42. The molecule has 0 spiro atoms. The Balaban J connectivity index is 2.14. The third-order valence-corrected chi connectivity index (χ3v) is 2.58. The minimum Gasteiger partial charge on any atom is -0.392 e. The van der Waals surface area contributed by atoms with Crippen LogP contribution >= 0.6 is 0 Å². The first kappa shape index (κ1) is 5.42. The Labute approximate surface area is 53.9 Å². The average molecular weight is 126 g/mol. The molecule has 0 aliphatic heterocycles. The van der Waals surface area contributed by atoms with Crippen LogP contribution in [0.4, 0.5) is 0 Å². The van der Waals surface area contributed by atoms with Crippen molar-refractivity contribution in [3.8, 4) is 0 Å². The summed E-state index contributed by atoms with van der Waals surface area (Å²) in [7, 11) is 0. The summed E-state index contributed by atoms with van der Waals surface area (Å²) in [5.74, 6) is 0.677. The molecule has 50 valence electrons. The fraction of sp³-hybridized carbons (Fsp3) is 0.857. The molecule has 0 aromatic rings. The van der Waals surface area contributed by atoms with E-state index in [4.69, 9.17) is 5.11 Å². The van der Waals surface area contributed by atoms with Gasteiger partial charge in [-0.3, -0.25) is 4.79 Å². The number of fused-ring (bicyclic) bond motifs is 2. The lowest BCUT2D eigenvalue weighted by Crippen LogP contribution is -2.49. The smallest absolute Gasteiger partial charge is 0.141 e.